The van der Waals surface area contributed by atoms with E-state index in [0.29, 0.717) is 19.8 Å². The molecule has 0 bridgehead atoms. The molecule has 1 fully saturated rings. The maximum atomic E-state index is 13.2. The lowest BCUT2D eigenvalue weighted by Crippen LogP contribution is -2.44. The molecule has 1 saturated heterocycles. The van der Waals surface area contributed by atoms with Crippen LogP contribution in [0.1, 0.15) is 22.3 Å². The predicted molar refractivity (Wildman–Crippen MR) is 151 cm³/mol. The summed E-state index contributed by atoms with van der Waals surface area (Å²) in [5.74, 6) is -0.463. The first kappa shape index (κ1) is 27.7. The quantitative estimate of drug-likeness (QED) is 0.187. The average molecular weight is 539 g/mol. The maximum absolute atomic E-state index is 13.2. The summed E-state index contributed by atoms with van der Waals surface area (Å²) < 4.78 is 30.8. The summed E-state index contributed by atoms with van der Waals surface area (Å²) in [6.07, 6.45) is -2.86. The zero-order valence-corrected chi connectivity index (χ0v) is 22.3. The van der Waals surface area contributed by atoms with Gasteiger partial charge in [-0.25, -0.2) is 4.79 Å². The van der Waals surface area contributed by atoms with E-state index >= 15 is 0 Å². The van der Waals surface area contributed by atoms with Crippen LogP contribution in [-0.4, -0.2) is 37.0 Å². The monoisotopic (exact) mass is 538 g/mol. The van der Waals surface area contributed by atoms with E-state index in [1.165, 1.54) is 0 Å². The first-order valence-corrected chi connectivity index (χ1v) is 13.5. The van der Waals surface area contributed by atoms with Gasteiger partial charge in [0.25, 0.3) is 0 Å². The van der Waals surface area contributed by atoms with Crippen molar-refractivity contribution < 1.29 is 28.5 Å². The molecular weight excluding hydrogens is 504 g/mol. The van der Waals surface area contributed by atoms with Gasteiger partial charge >= 0.3 is 5.97 Å². The number of cyclic esters (lactones) is 1. The Hall–Kier alpha value is -3.81. The van der Waals surface area contributed by atoms with Crippen molar-refractivity contribution in [2.75, 3.05) is 6.61 Å². The van der Waals surface area contributed by atoms with Gasteiger partial charge in [0.1, 0.15) is 12.2 Å². The normalized spacial score (nSPS) is 19.3. The average Bonchev–Trinajstić information content (AvgIpc) is 3.33. The molecule has 1 aliphatic heterocycles. The number of esters is 1. The van der Waals surface area contributed by atoms with E-state index in [0.717, 1.165) is 22.3 Å². The smallest absolute Gasteiger partial charge is 0.338 e. The Balaban J connectivity index is 1.33. The highest BCUT2D eigenvalue weighted by Gasteiger charge is 2.50. The molecule has 0 amide bonds. The fourth-order valence-corrected chi connectivity index (χ4v) is 4.62. The van der Waals surface area contributed by atoms with Crippen LogP contribution < -0.4 is 0 Å². The summed E-state index contributed by atoms with van der Waals surface area (Å²) in [5, 5.41) is 0. The van der Waals surface area contributed by atoms with Crippen LogP contribution in [-0.2, 0) is 54.9 Å². The lowest BCUT2D eigenvalue weighted by Gasteiger charge is -2.28. The van der Waals surface area contributed by atoms with Crippen LogP contribution in [0.3, 0.4) is 0 Å². The number of carbonyl (C=O) groups excluding carboxylic acids is 1. The van der Waals surface area contributed by atoms with Crippen LogP contribution in [0.2, 0.25) is 0 Å². The predicted octanol–water partition coefficient (Wildman–Crippen LogP) is 5.88. The fourth-order valence-electron chi connectivity index (χ4n) is 4.62. The Bertz CT molecular complexity index is 1280. The molecule has 6 nitrogen and oxygen atoms in total. The van der Waals surface area contributed by atoms with Crippen molar-refractivity contribution in [3.8, 4) is 0 Å². The Morgan fingerprint density at radius 3 is 1.55 bits per heavy atom. The van der Waals surface area contributed by atoms with Gasteiger partial charge in [-0.05, 0) is 22.3 Å². The highest BCUT2D eigenvalue weighted by molar-refractivity contribution is 5.78. The van der Waals surface area contributed by atoms with E-state index in [4.69, 9.17) is 23.7 Å². The molecule has 1 heterocycles. The van der Waals surface area contributed by atoms with Crippen LogP contribution in [0, 0.1) is 0 Å². The van der Waals surface area contributed by atoms with Crippen molar-refractivity contribution in [3.63, 3.8) is 0 Å². The molecule has 1 aliphatic rings. The molecule has 4 aromatic carbocycles. The first-order valence-electron chi connectivity index (χ1n) is 13.5. The van der Waals surface area contributed by atoms with Crippen LogP contribution >= 0.6 is 0 Å². The number of rotatable bonds is 14. The van der Waals surface area contributed by atoms with E-state index in [1.54, 1.807) is 0 Å². The second kappa shape index (κ2) is 14.5. The molecule has 0 N–H and O–H groups in total. The lowest BCUT2D eigenvalue weighted by molar-refractivity contribution is -0.158. The van der Waals surface area contributed by atoms with Gasteiger partial charge in [0.2, 0.25) is 0 Å². The zero-order chi connectivity index (χ0) is 27.4. The molecule has 0 unspecified atom stereocenters. The van der Waals surface area contributed by atoms with Gasteiger partial charge in [0.05, 0.1) is 33.0 Å². The minimum Gasteiger partial charge on any atom is -0.455 e. The van der Waals surface area contributed by atoms with Gasteiger partial charge in [-0.1, -0.05) is 121 Å². The van der Waals surface area contributed by atoms with Crippen LogP contribution in [0.15, 0.2) is 121 Å². The van der Waals surface area contributed by atoms with E-state index in [-0.39, 0.29) is 13.2 Å². The molecule has 0 aliphatic carbocycles. The summed E-state index contributed by atoms with van der Waals surface area (Å²) in [4.78, 5) is 13.2. The zero-order valence-electron chi connectivity index (χ0n) is 22.3. The summed E-state index contributed by atoms with van der Waals surface area (Å²) in [5.41, 5.74) is 4.01. The van der Waals surface area contributed by atoms with E-state index in [9.17, 15) is 4.79 Å². The van der Waals surface area contributed by atoms with Crippen molar-refractivity contribution in [2.45, 2.75) is 50.8 Å². The number of hydrogen-bond acceptors (Lipinski definition) is 6. The second-order valence-electron chi connectivity index (χ2n) is 9.72. The third-order valence-corrected chi connectivity index (χ3v) is 6.73. The molecule has 4 aromatic rings. The van der Waals surface area contributed by atoms with Crippen molar-refractivity contribution >= 4 is 5.97 Å². The summed E-state index contributed by atoms with van der Waals surface area (Å²) in [7, 11) is 0. The highest BCUT2D eigenvalue weighted by atomic mass is 16.6. The van der Waals surface area contributed by atoms with Crippen molar-refractivity contribution in [2.24, 2.45) is 0 Å². The van der Waals surface area contributed by atoms with Gasteiger partial charge in [-0.3, -0.25) is 0 Å². The largest absolute Gasteiger partial charge is 0.455 e. The first-order chi connectivity index (χ1) is 19.8. The second-order valence-corrected chi connectivity index (χ2v) is 9.72. The molecule has 4 atom stereocenters. The highest BCUT2D eigenvalue weighted by Crippen LogP contribution is 2.29. The standard InChI is InChI=1S/C34H34O6/c35-34-33(39-24-29-19-11-4-12-20-29)32(38-23-28-17-9-3-10-18-28)31(40-34)30(37-22-27-15-7-2-8-16-27)25-36-21-26-13-5-1-6-14-26/h1-20,30-33H,21-25H2/t30-,31-,32+,33-/m1/s1. The van der Waals surface area contributed by atoms with Gasteiger partial charge in [0, 0.05) is 0 Å². The van der Waals surface area contributed by atoms with E-state index in [1.807, 2.05) is 121 Å². The van der Waals surface area contributed by atoms with Crippen LogP contribution in [0.4, 0.5) is 0 Å². The van der Waals surface area contributed by atoms with Crippen LogP contribution in [0.25, 0.3) is 0 Å². The number of carbonyl (C=O) groups is 1. The molecule has 206 valence electrons. The van der Waals surface area contributed by atoms with Gasteiger partial charge in [-0.2, -0.15) is 0 Å². The molecule has 0 saturated carbocycles. The minimum atomic E-state index is -0.897. The number of ether oxygens (including phenoxy) is 5. The molecule has 0 aromatic heterocycles. The lowest BCUT2D eigenvalue weighted by atomic mass is 10.1. The minimum absolute atomic E-state index is 0.219. The van der Waals surface area contributed by atoms with Gasteiger partial charge in [0.15, 0.2) is 12.2 Å². The molecular formula is C34H34O6. The number of hydrogen-bond donors (Lipinski definition) is 0. The van der Waals surface area contributed by atoms with Crippen molar-refractivity contribution in [3.05, 3.63) is 144 Å². The Morgan fingerprint density at radius 2 is 1.02 bits per heavy atom. The SMILES string of the molecule is O=C1O[C@H]([C@@H](COCc2ccccc2)OCc2ccccc2)[C@H](OCc2ccccc2)[C@H]1OCc1ccccc1. The Labute approximate surface area is 235 Å². The summed E-state index contributed by atoms with van der Waals surface area (Å²) in [6.45, 7) is 1.54. The molecule has 5 rings (SSSR count). The van der Waals surface area contributed by atoms with Crippen molar-refractivity contribution in [1.29, 1.82) is 0 Å². The topological polar surface area (TPSA) is 63.2 Å². The van der Waals surface area contributed by atoms with E-state index in [2.05, 4.69) is 0 Å². The van der Waals surface area contributed by atoms with E-state index < -0.39 is 30.4 Å². The maximum Gasteiger partial charge on any atom is 0.338 e. The fraction of sp³-hybridized carbons (Fsp3) is 0.265. The molecule has 40 heavy (non-hydrogen) atoms. The third kappa shape index (κ3) is 7.87. The number of benzene rings is 4. The molecule has 6 heteroatoms. The molecule has 0 radical (unpaired) electrons. The Morgan fingerprint density at radius 1 is 0.575 bits per heavy atom. The van der Waals surface area contributed by atoms with Crippen LogP contribution in [0.5, 0.6) is 0 Å². The van der Waals surface area contributed by atoms with Gasteiger partial charge < -0.3 is 23.7 Å². The van der Waals surface area contributed by atoms with Gasteiger partial charge in [-0.15, -0.1) is 0 Å². The third-order valence-electron chi connectivity index (χ3n) is 6.73. The molecule has 0 spiro atoms. The Kier molecular flexibility index (Phi) is 10.1. The summed E-state index contributed by atoms with van der Waals surface area (Å²) in [6, 6.07) is 39.4. The summed E-state index contributed by atoms with van der Waals surface area (Å²) >= 11 is 0. The van der Waals surface area contributed by atoms with Crippen molar-refractivity contribution in [1.82, 2.24) is 0 Å².